The molecular formula is C19H29N3O3. The number of carbonyl (C=O) groups is 2. The number of nitrogens with zero attached hydrogens (tertiary/aromatic N) is 2. The molecule has 0 aromatic carbocycles. The molecule has 6 nitrogen and oxygen atoms in total. The zero-order valence-corrected chi connectivity index (χ0v) is 15.3. The Morgan fingerprint density at radius 3 is 2.44 bits per heavy atom. The average molecular weight is 347 g/mol. The van der Waals surface area contributed by atoms with Crippen molar-refractivity contribution < 1.29 is 14.3 Å². The summed E-state index contributed by atoms with van der Waals surface area (Å²) >= 11 is 0. The Morgan fingerprint density at radius 1 is 1.24 bits per heavy atom. The molecule has 1 aliphatic heterocycles. The lowest BCUT2D eigenvalue weighted by Crippen LogP contribution is -2.58. The molecule has 0 aromatic heterocycles. The molecule has 4 rings (SSSR count). The lowest BCUT2D eigenvalue weighted by atomic mass is 9.57. The van der Waals surface area contributed by atoms with Crippen molar-refractivity contribution in [1.29, 1.82) is 5.26 Å². The van der Waals surface area contributed by atoms with Crippen molar-refractivity contribution in [3.63, 3.8) is 0 Å². The number of carbonyl (C=O) groups excluding carboxylic acids is 2. The summed E-state index contributed by atoms with van der Waals surface area (Å²) in [5.74, 6) is 0.377. The minimum atomic E-state index is -0.292. The van der Waals surface area contributed by atoms with E-state index in [0.29, 0.717) is 19.1 Å². The van der Waals surface area contributed by atoms with Gasteiger partial charge < -0.3 is 15.0 Å². The standard InChI is InChI=1S/C19H29N3O3/c1-3-25-17(24)18-4-7-19(8-5-18,9-6-18)21-12-16(23)22-13-14(2)10-15(22)11-20/h14-15,21H,3-10,12-13H2,1-2H3/t14-,15-,18?,19?/m0/s1. The lowest BCUT2D eigenvalue weighted by Gasteiger charge is -2.52. The molecule has 1 heterocycles. The van der Waals surface area contributed by atoms with Crippen molar-refractivity contribution in [3.05, 3.63) is 0 Å². The minimum Gasteiger partial charge on any atom is -0.466 e. The van der Waals surface area contributed by atoms with E-state index >= 15 is 0 Å². The third-order valence-corrected chi connectivity index (χ3v) is 6.55. The molecule has 6 heteroatoms. The molecule has 0 aromatic rings. The first-order chi connectivity index (χ1) is 11.9. The van der Waals surface area contributed by atoms with Crippen LogP contribution in [0.4, 0.5) is 0 Å². The Balaban J connectivity index is 1.55. The third-order valence-electron chi connectivity index (χ3n) is 6.55. The maximum absolute atomic E-state index is 12.6. The largest absolute Gasteiger partial charge is 0.466 e. The monoisotopic (exact) mass is 347 g/mol. The van der Waals surface area contributed by atoms with E-state index in [4.69, 9.17) is 4.74 Å². The number of nitriles is 1. The summed E-state index contributed by atoms with van der Waals surface area (Å²) in [6, 6.07) is 1.97. The lowest BCUT2D eigenvalue weighted by molar-refractivity contribution is -0.163. The van der Waals surface area contributed by atoms with Crippen molar-refractivity contribution in [1.82, 2.24) is 10.2 Å². The van der Waals surface area contributed by atoms with E-state index in [-0.39, 0.29) is 35.4 Å². The number of fused-ring (bicyclic) bond motifs is 3. The van der Waals surface area contributed by atoms with Gasteiger partial charge in [-0.15, -0.1) is 0 Å². The highest BCUT2D eigenvalue weighted by atomic mass is 16.5. The van der Waals surface area contributed by atoms with E-state index < -0.39 is 0 Å². The van der Waals surface area contributed by atoms with Crippen molar-refractivity contribution in [2.75, 3.05) is 19.7 Å². The van der Waals surface area contributed by atoms with Crippen LogP contribution in [0.3, 0.4) is 0 Å². The van der Waals surface area contributed by atoms with E-state index in [2.05, 4.69) is 18.3 Å². The fourth-order valence-electron chi connectivity index (χ4n) is 4.85. The van der Waals surface area contributed by atoms with Crippen LogP contribution in [0, 0.1) is 22.7 Å². The van der Waals surface area contributed by atoms with Gasteiger partial charge in [-0.2, -0.15) is 5.26 Å². The zero-order valence-electron chi connectivity index (χ0n) is 15.3. The molecule has 1 saturated heterocycles. The number of esters is 1. The van der Waals surface area contributed by atoms with Gasteiger partial charge in [0.15, 0.2) is 0 Å². The number of nitrogens with one attached hydrogen (secondary N) is 1. The third kappa shape index (κ3) is 3.39. The zero-order chi connectivity index (χ0) is 18.1. The van der Waals surface area contributed by atoms with Crippen molar-refractivity contribution in [3.8, 4) is 6.07 Å². The molecule has 1 N–H and O–H groups in total. The van der Waals surface area contributed by atoms with Crippen molar-refractivity contribution in [2.24, 2.45) is 11.3 Å². The van der Waals surface area contributed by atoms with Crippen LogP contribution in [0.2, 0.25) is 0 Å². The second kappa shape index (κ2) is 6.95. The molecule has 3 saturated carbocycles. The molecule has 3 aliphatic carbocycles. The Labute approximate surface area is 149 Å². The van der Waals surface area contributed by atoms with Gasteiger partial charge in [-0.05, 0) is 57.8 Å². The smallest absolute Gasteiger partial charge is 0.312 e. The quantitative estimate of drug-likeness (QED) is 0.769. The SMILES string of the molecule is CCOC(=O)C12CCC(NCC(=O)N3C[C@@H](C)C[C@H]3C#N)(CC1)CC2. The molecule has 0 unspecified atom stereocenters. The maximum atomic E-state index is 12.6. The molecule has 0 radical (unpaired) electrons. The van der Waals surface area contributed by atoms with Crippen molar-refractivity contribution >= 4 is 11.9 Å². The predicted octanol–water partition coefficient (Wildman–Crippen LogP) is 1.99. The van der Waals surface area contributed by atoms with E-state index in [9.17, 15) is 14.9 Å². The van der Waals surface area contributed by atoms with Crippen LogP contribution in [0.15, 0.2) is 0 Å². The van der Waals surface area contributed by atoms with Gasteiger partial charge in [0.1, 0.15) is 6.04 Å². The maximum Gasteiger partial charge on any atom is 0.312 e. The number of ether oxygens (including phenoxy) is 1. The van der Waals surface area contributed by atoms with E-state index in [0.717, 1.165) is 44.9 Å². The minimum absolute atomic E-state index is 0.0260. The fourth-order valence-corrected chi connectivity index (χ4v) is 4.85. The van der Waals surface area contributed by atoms with E-state index in [1.807, 2.05) is 6.92 Å². The highest BCUT2D eigenvalue weighted by Crippen LogP contribution is 2.52. The van der Waals surface area contributed by atoms with Gasteiger partial charge in [-0.3, -0.25) is 9.59 Å². The summed E-state index contributed by atoms with van der Waals surface area (Å²) < 4.78 is 5.28. The van der Waals surface area contributed by atoms with Crippen LogP contribution in [0.5, 0.6) is 0 Å². The van der Waals surface area contributed by atoms with Crippen LogP contribution >= 0.6 is 0 Å². The highest BCUT2D eigenvalue weighted by Gasteiger charge is 2.53. The Kier molecular flexibility index (Phi) is 5.06. The summed E-state index contributed by atoms with van der Waals surface area (Å²) in [6.07, 6.45) is 6.04. The van der Waals surface area contributed by atoms with Crippen LogP contribution in [0.25, 0.3) is 0 Å². The van der Waals surface area contributed by atoms with Crippen molar-refractivity contribution in [2.45, 2.75) is 70.4 Å². The summed E-state index contributed by atoms with van der Waals surface area (Å²) in [6.45, 7) is 5.34. The average Bonchev–Trinajstić information content (AvgIpc) is 3.02. The molecule has 2 atom stereocenters. The van der Waals surface area contributed by atoms with E-state index in [1.165, 1.54) is 0 Å². The normalized spacial score (nSPS) is 36.9. The molecule has 0 spiro atoms. The Hall–Kier alpha value is -1.61. The van der Waals surface area contributed by atoms with Gasteiger partial charge in [0, 0.05) is 12.1 Å². The Bertz CT molecular complexity index is 558. The van der Waals surface area contributed by atoms with Gasteiger partial charge in [0.05, 0.1) is 24.6 Å². The molecular weight excluding hydrogens is 318 g/mol. The van der Waals surface area contributed by atoms with Gasteiger partial charge in [0.2, 0.25) is 5.91 Å². The Morgan fingerprint density at radius 2 is 1.88 bits per heavy atom. The molecule has 138 valence electrons. The first-order valence-electron chi connectivity index (χ1n) is 9.55. The molecule has 25 heavy (non-hydrogen) atoms. The second-order valence-corrected chi connectivity index (χ2v) is 8.17. The topological polar surface area (TPSA) is 82.4 Å². The molecule has 2 bridgehead atoms. The summed E-state index contributed by atoms with van der Waals surface area (Å²) in [5.41, 5.74) is -0.322. The number of hydrogen-bond donors (Lipinski definition) is 1. The summed E-state index contributed by atoms with van der Waals surface area (Å²) in [7, 11) is 0. The van der Waals surface area contributed by atoms with Crippen LogP contribution in [0.1, 0.15) is 58.8 Å². The molecule has 4 aliphatic rings. The van der Waals surface area contributed by atoms with Gasteiger partial charge in [-0.25, -0.2) is 0 Å². The van der Waals surface area contributed by atoms with Crippen LogP contribution in [-0.4, -0.2) is 48.1 Å². The number of amides is 1. The summed E-state index contributed by atoms with van der Waals surface area (Å²) in [5, 5.41) is 12.7. The van der Waals surface area contributed by atoms with Crippen LogP contribution < -0.4 is 5.32 Å². The van der Waals surface area contributed by atoms with Gasteiger partial charge in [0.25, 0.3) is 0 Å². The van der Waals surface area contributed by atoms with Gasteiger partial charge in [-0.1, -0.05) is 6.92 Å². The second-order valence-electron chi connectivity index (χ2n) is 8.17. The molecule has 4 fully saturated rings. The number of likely N-dealkylation sites (tertiary alicyclic amines) is 1. The summed E-state index contributed by atoms with van der Waals surface area (Å²) in [4.78, 5) is 26.6. The first-order valence-corrected chi connectivity index (χ1v) is 9.55. The highest BCUT2D eigenvalue weighted by molar-refractivity contribution is 5.79. The van der Waals surface area contributed by atoms with Crippen LogP contribution in [-0.2, 0) is 14.3 Å². The first kappa shape index (κ1) is 18.2. The van der Waals surface area contributed by atoms with Gasteiger partial charge >= 0.3 is 5.97 Å². The van der Waals surface area contributed by atoms with E-state index in [1.54, 1.807) is 4.90 Å². The number of rotatable bonds is 5. The number of hydrogen-bond acceptors (Lipinski definition) is 5. The fraction of sp³-hybridized carbons (Fsp3) is 0.842. The predicted molar refractivity (Wildman–Crippen MR) is 92.4 cm³/mol. The molecule has 1 amide bonds.